The van der Waals surface area contributed by atoms with E-state index in [1.54, 1.807) is 0 Å². The molecule has 0 aromatic heterocycles. The monoisotopic (exact) mass is 178 g/mol. The van der Waals surface area contributed by atoms with Crippen LogP contribution in [0.4, 0.5) is 0 Å². The van der Waals surface area contributed by atoms with E-state index >= 15 is 0 Å². The minimum atomic E-state index is 0.224. The molecular weight excluding hydrogens is 160 g/mol. The van der Waals surface area contributed by atoms with Crippen molar-refractivity contribution in [3.63, 3.8) is 0 Å². The minimum Gasteiger partial charge on any atom is -0.290 e. The van der Waals surface area contributed by atoms with Gasteiger partial charge in [0, 0.05) is 0 Å². The van der Waals surface area contributed by atoms with Crippen molar-refractivity contribution >= 4 is 5.78 Å². The van der Waals surface area contributed by atoms with Crippen LogP contribution >= 0.6 is 0 Å². The van der Waals surface area contributed by atoms with Crippen LogP contribution in [0, 0.1) is 0 Å². The van der Waals surface area contributed by atoms with Gasteiger partial charge in [-0.2, -0.15) is 0 Å². The molecule has 13 heavy (non-hydrogen) atoms. The summed E-state index contributed by atoms with van der Waals surface area (Å²) in [5, 5.41) is 0. The van der Waals surface area contributed by atoms with Crippen molar-refractivity contribution in [1.82, 2.24) is 0 Å². The predicted molar refractivity (Wildman–Crippen MR) is 55.6 cm³/mol. The molecule has 0 aromatic carbocycles. The second-order valence-electron chi connectivity index (χ2n) is 3.54. The van der Waals surface area contributed by atoms with Crippen molar-refractivity contribution < 1.29 is 4.79 Å². The summed E-state index contributed by atoms with van der Waals surface area (Å²) in [4.78, 5) is 11.6. The lowest BCUT2D eigenvalue weighted by Gasteiger charge is -1.99. The van der Waals surface area contributed by atoms with Crippen molar-refractivity contribution in [2.45, 2.75) is 46.0 Å². The molecule has 0 aliphatic heterocycles. The van der Waals surface area contributed by atoms with Gasteiger partial charge in [-0.3, -0.25) is 4.79 Å². The second-order valence-corrected chi connectivity index (χ2v) is 3.54. The molecule has 0 radical (unpaired) electrons. The Kier molecular flexibility index (Phi) is 3.94. The van der Waals surface area contributed by atoms with Crippen molar-refractivity contribution in [2.75, 3.05) is 0 Å². The van der Waals surface area contributed by atoms with Gasteiger partial charge >= 0.3 is 0 Å². The summed E-state index contributed by atoms with van der Waals surface area (Å²) in [7, 11) is 0. The number of allylic oxidation sites excluding steroid dienone is 4. The van der Waals surface area contributed by atoms with Crippen LogP contribution in [0.2, 0.25) is 0 Å². The van der Waals surface area contributed by atoms with Gasteiger partial charge in [0.15, 0.2) is 5.78 Å². The number of carbonyl (C=O) groups is 1. The molecule has 1 rings (SSSR count). The quantitative estimate of drug-likeness (QED) is 0.605. The SMILES string of the molecule is CC=C(CC)C(=O)C=C1CCCC1. The molecule has 1 saturated carbocycles. The van der Waals surface area contributed by atoms with Gasteiger partial charge in [-0.25, -0.2) is 0 Å². The Morgan fingerprint density at radius 3 is 2.46 bits per heavy atom. The van der Waals surface area contributed by atoms with Crippen LogP contribution in [0.3, 0.4) is 0 Å². The maximum absolute atomic E-state index is 11.6. The topological polar surface area (TPSA) is 17.1 Å². The third-order valence-electron chi connectivity index (χ3n) is 2.63. The van der Waals surface area contributed by atoms with Crippen LogP contribution in [0.1, 0.15) is 46.0 Å². The van der Waals surface area contributed by atoms with E-state index in [0.29, 0.717) is 0 Å². The fourth-order valence-electron chi connectivity index (χ4n) is 1.77. The summed E-state index contributed by atoms with van der Waals surface area (Å²) >= 11 is 0. The highest BCUT2D eigenvalue weighted by atomic mass is 16.1. The lowest BCUT2D eigenvalue weighted by atomic mass is 10.1. The first-order valence-electron chi connectivity index (χ1n) is 5.17. The molecule has 1 fully saturated rings. The maximum Gasteiger partial charge on any atom is 0.181 e. The highest BCUT2D eigenvalue weighted by Gasteiger charge is 2.09. The summed E-state index contributed by atoms with van der Waals surface area (Å²) < 4.78 is 0. The van der Waals surface area contributed by atoms with Crippen molar-refractivity contribution in [3.8, 4) is 0 Å². The van der Waals surface area contributed by atoms with E-state index in [0.717, 1.165) is 24.8 Å². The number of carbonyl (C=O) groups excluding carboxylic acids is 1. The lowest BCUT2D eigenvalue weighted by Crippen LogP contribution is -1.98. The Labute approximate surface area is 80.5 Å². The Morgan fingerprint density at radius 1 is 1.38 bits per heavy atom. The Hall–Kier alpha value is -0.850. The number of ketones is 1. The molecule has 0 heterocycles. The Bertz CT molecular complexity index is 238. The summed E-state index contributed by atoms with van der Waals surface area (Å²) in [6.45, 7) is 3.96. The van der Waals surface area contributed by atoms with E-state index in [2.05, 4.69) is 0 Å². The van der Waals surface area contributed by atoms with E-state index in [1.165, 1.54) is 18.4 Å². The van der Waals surface area contributed by atoms with Crippen LogP contribution in [0.5, 0.6) is 0 Å². The third-order valence-corrected chi connectivity index (χ3v) is 2.63. The largest absolute Gasteiger partial charge is 0.290 e. The predicted octanol–water partition coefficient (Wildman–Crippen LogP) is 3.41. The van der Waals surface area contributed by atoms with E-state index in [1.807, 2.05) is 26.0 Å². The summed E-state index contributed by atoms with van der Waals surface area (Å²) in [6.07, 6.45) is 9.41. The molecule has 0 N–H and O–H groups in total. The minimum absolute atomic E-state index is 0.224. The first-order chi connectivity index (χ1) is 6.27. The molecular formula is C12H18O. The van der Waals surface area contributed by atoms with Gasteiger partial charge in [0.2, 0.25) is 0 Å². The molecule has 1 aliphatic carbocycles. The van der Waals surface area contributed by atoms with E-state index in [-0.39, 0.29) is 5.78 Å². The first kappa shape index (κ1) is 10.2. The van der Waals surface area contributed by atoms with Crippen LogP contribution in [0.15, 0.2) is 23.3 Å². The third kappa shape index (κ3) is 2.83. The molecule has 0 unspecified atom stereocenters. The van der Waals surface area contributed by atoms with Crippen LogP contribution in [-0.4, -0.2) is 5.78 Å². The van der Waals surface area contributed by atoms with Crippen LogP contribution in [0.25, 0.3) is 0 Å². The number of hydrogen-bond acceptors (Lipinski definition) is 1. The van der Waals surface area contributed by atoms with Gasteiger partial charge in [0.1, 0.15) is 0 Å². The molecule has 72 valence electrons. The second kappa shape index (κ2) is 5.00. The highest BCUT2D eigenvalue weighted by Crippen LogP contribution is 2.24. The zero-order valence-corrected chi connectivity index (χ0v) is 8.60. The van der Waals surface area contributed by atoms with Gasteiger partial charge < -0.3 is 0 Å². The Balaban J connectivity index is 2.62. The van der Waals surface area contributed by atoms with Crippen LogP contribution < -0.4 is 0 Å². The summed E-state index contributed by atoms with van der Waals surface area (Å²) in [5.74, 6) is 0.224. The van der Waals surface area contributed by atoms with Crippen LogP contribution in [-0.2, 0) is 4.79 Å². The summed E-state index contributed by atoms with van der Waals surface area (Å²) in [5.41, 5.74) is 2.29. The summed E-state index contributed by atoms with van der Waals surface area (Å²) in [6, 6.07) is 0. The smallest absolute Gasteiger partial charge is 0.181 e. The fraction of sp³-hybridized carbons (Fsp3) is 0.583. The molecule has 1 nitrogen and oxygen atoms in total. The molecule has 0 aromatic rings. The molecule has 1 aliphatic rings. The lowest BCUT2D eigenvalue weighted by molar-refractivity contribution is -0.111. The number of rotatable bonds is 3. The average molecular weight is 178 g/mol. The van der Waals surface area contributed by atoms with Gasteiger partial charge in [0.05, 0.1) is 0 Å². The molecule has 1 heteroatoms. The molecule has 0 spiro atoms. The van der Waals surface area contributed by atoms with Gasteiger partial charge in [-0.1, -0.05) is 18.6 Å². The zero-order chi connectivity index (χ0) is 9.68. The van der Waals surface area contributed by atoms with Crippen molar-refractivity contribution in [1.29, 1.82) is 0 Å². The average Bonchev–Trinajstić information content (AvgIpc) is 2.59. The molecule has 0 atom stereocenters. The first-order valence-corrected chi connectivity index (χ1v) is 5.17. The van der Waals surface area contributed by atoms with Gasteiger partial charge in [-0.05, 0) is 50.7 Å². The zero-order valence-electron chi connectivity index (χ0n) is 8.60. The fourth-order valence-corrected chi connectivity index (χ4v) is 1.77. The Morgan fingerprint density at radius 2 is 2.00 bits per heavy atom. The normalized spacial score (nSPS) is 17.7. The highest BCUT2D eigenvalue weighted by molar-refractivity contribution is 6.04. The van der Waals surface area contributed by atoms with Gasteiger partial charge in [0.25, 0.3) is 0 Å². The van der Waals surface area contributed by atoms with E-state index < -0.39 is 0 Å². The molecule has 0 bridgehead atoms. The van der Waals surface area contributed by atoms with Gasteiger partial charge in [-0.15, -0.1) is 0 Å². The molecule has 0 amide bonds. The standard InChI is InChI=1S/C12H18O/c1-3-11(4-2)12(13)9-10-7-5-6-8-10/h3,9H,4-8H2,1-2H3. The van der Waals surface area contributed by atoms with E-state index in [9.17, 15) is 4.79 Å². The van der Waals surface area contributed by atoms with E-state index in [4.69, 9.17) is 0 Å². The van der Waals surface area contributed by atoms with Crippen molar-refractivity contribution in [3.05, 3.63) is 23.3 Å². The number of hydrogen-bond donors (Lipinski definition) is 0. The molecule has 0 saturated heterocycles. The maximum atomic E-state index is 11.6. The van der Waals surface area contributed by atoms with Crippen molar-refractivity contribution in [2.24, 2.45) is 0 Å².